The molecule has 0 N–H and O–H groups in total. The van der Waals surface area contributed by atoms with E-state index in [-0.39, 0.29) is 30.2 Å². The molecule has 0 aliphatic rings. The van der Waals surface area contributed by atoms with Crippen LogP contribution in [-0.2, 0) is 24.3 Å². The molecule has 2 aromatic carbocycles. The molecule has 37 heavy (non-hydrogen) atoms. The van der Waals surface area contributed by atoms with E-state index in [1.807, 2.05) is 56.5 Å². The van der Waals surface area contributed by atoms with Crippen molar-refractivity contribution in [2.75, 3.05) is 6.54 Å². The first-order valence-electron chi connectivity index (χ1n) is 13.2. The van der Waals surface area contributed by atoms with E-state index in [9.17, 15) is 14.0 Å². The van der Waals surface area contributed by atoms with Gasteiger partial charge in [-0.15, -0.1) is 11.3 Å². The Hall–Kier alpha value is -2.99. The standard InChI is InChI=1S/C31H39FN2O2S/c1-5-6-7-8-9-25-10-14-27(15-11-25)31(36)34(23(2)3)22-30(35)33(21-29-24(4)18-19-37-29)20-26-12-16-28(32)17-13-26/h10-19,23H,5-9,20-22H2,1-4H3. The molecule has 0 saturated carbocycles. The Morgan fingerprint density at radius 1 is 0.892 bits per heavy atom. The van der Waals surface area contributed by atoms with E-state index in [0.29, 0.717) is 18.7 Å². The average Bonchev–Trinajstić information content (AvgIpc) is 3.29. The highest BCUT2D eigenvalue weighted by Gasteiger charge is 2.25. The van der Waals surface area contributed by atoms with Crippen LogP contribution in [0.1, 0.15) is 78.4 Å². The third-order valence-corrected chi connectivity index (χ3v) is 7.66. The van der Waals surface area contributed by atoms with Crippen LogP contribution < -0.4 is 0 Å². The summed E-state index contributed by atoms with van der Waals surface area (Å²) in [7, 11) is 0. The molecule has 4 nitrogen and oxygen atoms in total. The minimum Gasteiger partial charge on any atom is -0.332 e. The maximum atomic E-state index is 13.6. The van der Waals surface area contributed by atoms with Crippen molar-refractivity contribution in [2.24, 2.45) is 0 Å². The minimum absolute atomic E-state index is 0.0130. The fourth-order valence-electron chi connectivity index (χ4n) is 4.25. The lowest BCUT2D eigenvalue weighted by Crippen LogP contribution is -2.45. The summed E-state index contributed by atoms with van der Waals surface area (Å²) in [6, 6.07) is 15.9. The number of halogens is 1. The topological polar surface area (TPSA) is 40.6 Å². The first kappa shape index (κ1) is 28.6. The van der Waals surface area contributed by atoms with Gasteiger partial charge in [0.05, 0.1) is 6.54 Å². The Balaban J connectivity index is 1.73. The summed E-state index contributed by atoms with van der Waals surface area (Å²) in [6.45, 7) is 8.89. The van der Waals surface area contributed by atoms with Crippen LogP contribution in [0.25, 0.3) is 0 Å². The highest BCUT2D eigenvalue weighted by Crippen LogP contribution is 2.21. The van der Waals surface area contributed by atoms with E-state index in [2.05, 4.69) is 6.92 Å². The molecule has 1 heterocycles. The summed E-state index contributed by atoms with van der Waals surface area (Å²) < 4.78 is 13.4. The second kappa shape index (κ2) is 14.1. The van der Waals surface area contributed by atoms with Gasteiger partial charge in [0.15, 0.2) is 0 Å². The third kappa shape index (κ3) is 8.53. The molecule has 198 valence electrons. The van der Waals surface area contributed by atoms with Crippen molar-refractivity contribution in [1.82, 2.24) is 9.80 Å². The van der Waals surface area contributed by atoms with Crippen LogP contribution in [0.2, 0.25) is 0 Å². The smallest absolute Gasteiger partial charge is 0.254 e. The summed E-state index contributed by atoms with van der Waals surface area (Å²) >= 11 is 1.61. The molecule has 0 aliphatic carbocycles. The molecule has 0 atom stereocenters. The van der Waals surface area contributed by atoms with Crippen LogP contribution in [-0.4, -0.2) is 34.2 Å². The third-order valence-electron chi connectivity index (χ3n) is 6.65. The summed E-state index contributed by atoms with van der Waals surface area (Å²) in [5.41, 5.74) is 3.81. The lowest BCUT2D eigenvalue weighted by Gasteiger charge is -2.30. The normalized spacial score (nSPS) is 11.1. The Bertz CT molecular complexity index is 1140. The number of unbranched alkanes of at least 4 members (excludes halogenated alkanes) is 3. The first-order valence-corrected chi connectivity index (χ1v) is 14.1. The number of thiophene rings is 1. The number of benzene rings is 2. The molecule has 0 fully saturated rings. The van der Waals surface area contributed by atoms with Gasteiger partial charge in [-0.05, 0) is 86.0 Å². The van der Waals surface area contributed by atoms with Gasteiger partial charge in [-0.25, -0.2) is 4.39 Å². The SMILES string of the molecule is CCCCCCc1ccc(C(=O)N(CC(=O)N(Cc2ccc(F)cc2)Cc2sccc2C)C(C)C)cc1. The molecule has 0 radical (unpaired) electrons. The number of aryl methyl sites for hydroxylation is 2. The number of carbonyl (C=O) groups is 2. The molecule has 0 unspecified atom stereocenters. The fraction of sp³-hybridized carbons (Fsp3) is 0.419. The number of hydrogen-bond donors (Lipinski definition) is 0. The van der Waals surface area contributed by atoms with Crippen LogP contribution in [0.15, 0.2) is 60.0 Å². The number of hydrogen-bond acceptors (Lipinski definition) is 3. The minimum atomic E-state index is -0.306. The average molecular weight is 523 g/mol. The Labute approximate surface area is 225 Å². The maximum Gasteiger partial charge on any atom is 0.254 e. The zero-order valence-corrected chi connectivity index (χ0v) is 23.3. The second-order valence-corrected chi connectivity index (χ2v) is 10.9. The Morgan fingerprint density at radius 2 is 1.57 bits per heavy atom. The van der Waals surface area contributed by atoms with Gasteiger partial charge in [0.25, 0.3) is 5.91 Å². The van der Waals surface area contributed by atoms with Gasteiger partial charge < -0.3 is 9.80 Å². The van der Waals surface area contributed by atoms with Gasteiger partial charge in [-0.2, -0.15) is 0 Å². The molecule has 3 aromatic rings. The Kier molecular flexibility index (Phi) is 10.9. The van der Waals surface area contributed by atoms with Crippen molar-refractivity contribution in [2.45, 2.75) is 78.9 Å². The predicted octanol–water partition coefficient (Wildman–Crippen LogP) is 7.40. The van der Waals surface area contributed by atoms with Crippen LogP contribution in [0, 0.1) is 12.7 Å². The molecular weight excluding hydrogens is 483 g/mol. The predicted molar refractivity (Wildman–Crippen MR) is 150 cm³/mol. The van der Waals surface area contributed by atoms with Crippen LogP contribution >= 0.6 is 11.3 Å². The van der Waals surface area contributed by atoms with E-state index in [0.717, 1.165) is 28.8 Å². The van der Waals surface area contributed by atoms with Crippen molar-refractivity contribution in [3.63, 3.8) is 0 Å². The molecule has 0 aliphatic heterocycles. The fourth-order valence-corrected chi connectivity index (χ4v) is 5.17. The van der Waals surface area contributed by atoms with Crippen molar-refractivity contribution in [3.8, 4) is 0 Å². The van der Waals surface area contributed by atoms with Gasteiger partial charge in [0.2, 0.25) is 5.91 Å². The number of rotatable bonds is 13. The summed E-state index contributed by atoms with van der Waals surface area (Å²) in [5, 5.41) is 2.02. The van der Waals surface area contributed by atoms with E-state index in [4.69, 9.17) is 0 Å². The quantitative estimate of drug-likeness (QED) is 0.220. The largest absolute Gasteiger partial charge is 0.332 e. The van der Waals surface area contributed by atoms with Gasteiger partial charge in [-0.1, -0.05) is 50.5 Å². The summed E-state index contributed by atoms with van der Waals surface area (Å²) in [4.78, 5) is 31.5. The first-order chi connectivity index (χ1) is 17.8. The molecule has 6 heteroatoms. The lowest BCUT2D eigenvalue weighted by molar-refractivity contribution is -0.133. The van der Waals surface area contributed by atoms with Crippen molar-refractivity contribution < 1.29 is 14.0 Å². The van der Waals surface area contributed by atoms with Gasteiger partial charge in [0, 0.05) is 23.0 Å². The zero-order chi connectivity index (χ0) is 26.8. The van der Waals surface area contributed by atoms with E-state index in [1.54, 1.807) is 33.3 Å². The summed E-state index contributed by atoms with van der Waals surface area (Å²) in [5.74, 6) is -0.582. The molecule has 1 aromatic heterocycles. The Morgan fingerprint density at radius 3 is 2.16 bits per heavy atom. The van der Waals surface area contributed by atoms with Crippen molar-refractivity contribution >= 4 is 23.2 Å². The maximum absolute atomic E-state index is 13.6. The lowest BCUT2D eigenvalue weighted by atomic mass is 10.0. The van der Waals surface area contributed by atoms with E-state index >= 15 is 0 Å². The monoisotopic (exact) mass is 522 g/mol. The number of carbonyl (C=O) groups excluding carboxylic acids is 2. The van der Waals surface area contributed by atoms with Crippen molar-refractivity contribution in [1.29, 1.82) is 0 Å². The number of amides is 2. The zero-order valence-electron chi connectivity index (χ0n) is 22.5. The van der Waals surface area contributed by atoms with Crippen molar-refractivity contribution in [3.05, 3.63) is 92.9 Å². The van der Waals surface area contributed by atoms with Gasteiger partial charge in [-0.3, -0.25) is 9.59 Å². The van der Waals surface area contributed by atoms with Crippen LogP contribution in [0.5, 0.6) is 0 Å². The second-order valence-electron chi connectivity index (χ2n) is 9.94. The van der Waals surface area contributed by atoms with E-state index < -0.39 is 0 Å². The molecule has 3 rings (SSSR count). The molecule has 0 saturated heterocycles. The highest BCUT2D eigenvalue weighted by atomic mass is 32.1. The van der Waals surface area contributed by atoms with E-state index in [1.165, 1.54) is 37.0 Å². The van der Waals surface area contributed by atoms with Crippen LogP contribution in [0.3, 0.4) is 0 Å². The highest BCUT2D eigenvalue weighted by molar-refractivity contribution is 7.10. The van der Waals surface area contributed by atoms with Crippen LogP contribution in [0.4, 0.5) is 4.39 Å². The molecular formula is C31H39FN2O2S. The molecule has 0 spiro atoms. The molecule has 0 bridgehead atoms. The summed E-state index contributed by atoms with van der Waals surface area (Å²) in [6.07, 6.45) is 5.85. The van der Waals surface area contributed by atoms with Gasteiger partial charge in [0.1, 0.15) is 12.4 Å². The van der Waals surface area contributed by atoms with Gasteiger partial charge >= 0.3 is 0 Å². The molecule has 2 amide bonds. The number of nitrogens with zero attached hydrogens (tertiary/aromatic N) is 2.